The molecule has 10 nitrogen and oxygen atoms in total. The van der Waals surface area contributed by atoms with Gasteiger partial charge < -0.3 is 14.2 Å². The Morgan fingerprint density at radius 2 is 1.82 bits per heavy atom. The Balaban J connectivity index is 1.22. The average Bonchev–Trinajstić information content (AvgIpc) is 3.22. The molecule has 13 heteroatoms. The Bertz CT molecular complexity index is 1360. The summed E-state index contributed by atoms with van der Waals surface area (Å²) in [7, 11) is 1.60. The molecule has 39 heavy (non-hydrogen) atoms. The van der Waals surface area contributed by atoms with E-state index in [0.717, 1.165) is 27.4 Å². The first-order chi connectivity index (χ1) is 18.7. The van der Waals surface area contributed by atoms with Gasteiger partial charge in [-0.15, -0.1) is 0 Å². The number of halogens is 3. The van der Waals surface area contributed by atoms with Gasteiger partial charge in [0.15, 0.2) is 0 Å². The van der Waals surface area contributed by atoms with Crippen molar-refractivity contribution in [1.82, 2.24) is 19.9 Å². The molecule has 0 N–H and O–H groups in total. The lowest BCUT2D eigenvalue weighted by Gasteiger charge is -2.33. The fourth-order valence-electron chi connectivity index (χ4n) is 4.83. The number of anilines is 1. The molecule has 2 fully saturated rings. The van der Waals surface area contributed by atoms with E-state index in [1.54, 1.807) is 19.2 Å². The van der Waals surface area contributed by atoms with Crippen molar-refractivity contribution in [3.63, 3.8) is 0 Å². The van der Waals surface area contributed by atoms with Crippen LogP contribution in [-0.2, 0) is 15.7 Å². The number of urea groups is 1. The van der Waals surface area contributed by atoms with Crippen LogP contribution in [0.25, 0.3) is 10.9 Å². The van der Waals surface area contributed by atoms with E-state index in [2.05, 4.69) is 15.0 Å². The number of methoxy groups -OCH3 is 1. The monoisotopic (exact) mass is 545 g/mol. The third-order valence-electron chi connectivity index (χ3n) is 6.78. The molecule has 5 rings (SSSR count). The van der Waals surface area contributed by atoms with Crippen molar-refractivity contribution in [3.05, 3.63) is 48.5 Å². The Hall–Kier alpha value is -4.00. The second kappa shape index (κ2) is 11.0. The number of alkyl halides is 3. The van der Waals surface area contributed by atoms with Crippen LogP contribution < -0.4 is 14.4 Å². The number of carbonyl (C=O) groups excluding carboxylic acids is 2. The van der Waals surface area contributed by atoms with Crippen LogP contribution in [-0.4, -0.2) is 70.8 Å². The summed E-state index contributed by atoms with van der Waals surface area (Å²) in [6.07, 6.45) is 0.580. The molecule has 0 radical (unpaired) electrons. The number of rotatable bonds is 8. The minimum Gasteiger partial charge on any atom is -0.491 e. The maximum atomic E-state index is 13.1. The van der Waals surface area contributed by atoms with Crippen molar-refractivity contribution in [2.75, 3.05) is 31.8 Å². The number of aromatic nitrogens is 3. The van der Waals surface area contributed by atoms with Crippen LogP contribution >= 0.6 is 0 Å². The van der Waals surface area contributed by atoms with Crippen molar-refractivity contribution < 1.29 is 37.0 Å². The maximum absolute atomic E-state index is 13.1. The minimum atomic E-state index is -4.61. The molecule has 3 heterocycles. The highest BCUT2D eigenvalue weighted by Gasteiger charge is 2.43. The summed E-state index contributed by atoms with van der Waals surface area (Å²) in [4.78, 5) is 40.2. The molecule has 1 aliphatic carbocycles. The van der Waals surface area contributed by atoms with Crippen LogP contribution in [0.15, 0.2) is 43.0 Å². The lowest BCUT2D eigenvalue weighted by atomic mass is 9.92. The van der Waals surface area contributed by atoms with E-state index < -0.39 is 23.7 Å². The number of pyridine rings is 1. The SMILES string of the molecule is COCCOc1ccc2c(OC3CCC(N4C(=O)CN(c5cncc(C(F)(F)F)c5)C4=O)CC3)ncnc2c1. The molecule has 3 amide bonds. The van der Waals surface area contributed by atoms with Crippen LogP contribution in [0.1, 0.15) is 31.2 Å². The number of carbonyl (C=O) groups is 2. The number of hydrogen-bond acceptors (Lipinski definition) is 8. The summed E-state index contributed by atoms with van der Waals surface area (Å²) in [5, 5.41) is 0.731. The third kappa shape index (κ3) is 5.72. The lowest BCUT2D eigenvalue weighted by Crippen LogP contribution is -2.44. The van der Waals surface area contributed by atoms with E-state index in [4.69, 9.17) is 14.2 Å². The molecule has 0 bridgehead atoms. The zero-order valence-corrected chi connectivity index (χ0v) is 21.1. The summed E-state index contributed by atoms with van der Waals surface area (Å²) < 4.78 is 56.1. The summed E-state index contributed by atoms with van der Waals surface area (Å²) in [6.45, 7) is 0.548. The first kappa shape index (κ1) is 26.6. The Labute approximate surface area is 221 Å². The van der Waals surface area contributed by atoms with Crippen LogP contribution in [0.2, 0.25) is 0 Å². The number of hydrogen-bond donors (Lipinski definition) is 0. The predicted molar refractivity (Wildman–Crippen MR) is 132 cm³/mol. The van der Waals surface area contributed by atoms with Gasteiger partial charge in [-0.25, -0.2) is 14.8 Å². The van der Waals surface area contributed by atoms with E-state index in [0.29, 0.717) is 62.2 Å². The molecule has 1 saturated heterocycles. The van der Waals surface area contributed by atoms with E-state index in [9.17, 15) is 22.8 Å². The van der Waals surface area contributed by atoms with Crippen LogP contribution in [0, 0.1) is 0 Å². The first-order valence-electron chi connectivity index (χ1n) is 12.4. The third-order valence-corrected chi connectivity index (χ3v) is 6.78. The number of nitrogens with zero attached hydrogens (tertiary/aromatic N) is 5. The summed E-state index contributed by atoms with van der Waals surface area (Å²) in [5.41, 5.74) is -0.380. The molecular weight excluding hydrogens is 519 g/mol. The van der Waals surface area contributed by atoms with Gasteiger partial charge in [0.1, 0.15) is 31.3 Å². The van der Waals surface area contributed by atoms with Crippen LogP contribution in [0.3, 0.4) is 0 Å². The standard InChI is InChI=1S/C26H26F3N5O5/c1-37-8-9-38-20-6-7-21-22(11-20)31-15-32-24(21)39-19-4-2-17(3-5-19)34-23(35)14-33(25(34)36)18-10-16(12-30-13-18)26(27,28)29/h6-7,10-13,15,17,19H,2-5,8-9,14H2,1H3. The highest BCUT2D eigenvalue weighted by molar-refractivity contribution is 6.12. The molecule has 0 spiro atoms. The van der Waals surface area contributed by atoms with Crippen molar-refractivity contribution in [3.8, 4) is 11.6 Å². The van der Waals surface area contributed by atoms with E-state index in [1.807, 2.05) is 6.07 Å². The second-order valence-corrected chi connectivity index (χ2v) is 9.31. The summed E-state index contributed by atoms with van der Waals surface area (Å²) in [5.74, 6) is 0.634. The quantitative estimate of drug-likeness (QED) is 0.306. The van der Waals surface area contributed by atoms with Crippen molar-refractivity contribution >= 4 is 28.5 Å². The van der Waals surface area contributed by atoms with Crippen molar-refractivity contribution in [2.24, 2.45) is 0 Å². The van der Waals surface area contributed by atoms with Gasteiger partial charge in [-0.05, 0) is 43.9 Å². The summed E-state index contributed by atoms with van der Waals surface area (Å²) in [6, 6.07) is 5.25. The predicted octanol–water partition coefficient (Wildman–Crippen LogP) is 4.23. The van der Waals surface area contributed by atoms with Gasteiger partial charge in [0.25, 0.3) is 5.91 Å². The number of benzene rings is 1. The highest BCUT2D eigenvalue weighted by Crippen LogP contribution is 2.34. The van der Waals surface area contributed by atoms with Crippen LogP contribution in [0.5, 0.6) is 11.6 Å². The van der Waals surface area contributed by atoms with E-state index >= 15 is 0 Å². The zero-order valence-electron chi connectivity index (χ0n) is 21.1. The topological polar surface area (TPSA) is 107 Å². The highest BCUT2D eigenvalue weighted by atomic mass is 19.4. The number of fused-ring (bicyclic) bond motifs is 1. The largest absolute Gasteiger partial charge is 0.491 e. The van der Waals surface area contributed by atoms with Gasteiger partial charge in [0.05, 0.1) is 35.0 Å². The molecule has 0 unspecified atom stereocenters. The fraction of sp³-hybridized carbons (Fsp3) is 0.423. The zero-order chi connectivity index (χ0) is 27.6. The number of amides is 3. The van der Waals surface area contributed by atoms with Gasteiger partial charge in [0.2, 0.25) is 5.88 Å². The minimum absolute atomic E-state index is 0.0643. The molecular formula is C26H26F3N5O5. The molecule has 206 valence electrons. The molecule has 2 aromatic heterocycles. The van der Waals surface area contributed by atoms with Crippen LogP contribution in [0.4, 0.5) is 23.7 Å². The smallest absolute Gasteiger partial charge is 0.417 e. The molecule has 0 atom stereocenters. The first-order valence-corrected chi connectivity index (χ1v) is 12.4. The van der Waals surface area contributed by atoms with Crippen molar-refractivity contribution in [1.29, 1.82) is 0 Å². The Kier molecular flexibility index (Phi) is 7.51. The van der Waals surface area contributed by atoms with E-state index in [1.165, 1.54) is 6.33 Å². The summed E-state index contributed by atoms with van der Waals surface area (Å²) >= 11 is 0. The van der Waals surface area contributed by atoms with E-state index in [-0.39, 0.29) is 24.4 Å². The van der Waals surface area contributed by atoms with Crippen molar-refractivity contribution in [2.45, 2.75) is 44.0 Å². The molecule has 1 aliphatic heterocycles. The molecule has 3 aromatic rings. The maximum Gasteiger partial charge on any atom is 0.417 e. The number of ether oxygens (including phenoxy) is 3. The average molecular weight is 546 g/mol. The molecule has 1 aromatic carbocycles. The number of imide groups is 1. The second-order valence-electron chi connectivity index (χ2n) is 9.31. The fourth-order valence-corrected chi connectivity index (χ4v) is 4.83. The Morgan fingerprint density at radius 3 is 2.56 bits per heavy atom. The van der Waals surface area contributed by atoms with Gasteiger partial charge in [-0.2, -0.15) is 13.2 Å². The molecule has 2 aliphatic rings. The normalized spacial score (nSPS) is 20.1. The Morgan fingerprint density at radius 1 is 1.03 bits per heavy atom. The molecule has 1 saturated carbocycles. The lowest BCUT2D eigenvalue weighted by molar-refractivity contribution is -0.137. The van der Waals surface area contributed by atoms with Gasteiger partial charge in [-0.3, -0.25) is 19.6 Å². The van der Waals surface area contributed by atoms with Gasteiger partial charge in [0, 0.05) is 25.4 Å². The van der Waals surface area contributed by atoms with Gasteiger partial charge in [-0.1, -0.05) is 0 Å². The van der Waals surface area contributed by atoms with Gasteiger partial charge >= 0.3 is 12.2 Å².